The van der Waals surface area contributed by atoms with Gasteiger partial charge >= 0.3 is 0 Å². The van der Waals surface area contributed by atoms with Crippen LogP contribution in [0.5, 0.6) is 0 Å². The SMILES string of the molecule is C[Si](C)(C)C#Cc1cc(-c2nc3ccccc3s2)ccc1N. The van der Waals surface area contributed by atoms with Crippen LogP contribution in [-0.2, 0) is 0 Å². The molecule has 0 bridgehead atoms. The third-order valence-electron chi connectivity index (χ3n) is 3.17. The lowest BCUT2D eigenvalue weighted by Crippen LogP contribution is -2.16. The zero-order chi connectivity index (χ0) is 15.7. The summed E-state index contributed by atoms with van der Waals surface area (Å²) in [6.07, 6.45) is 0. The molecule has 0 fully saturated rings. The number of fused-ring (bicyclic) bond motifs is 1. The molecule has 0 saturated heterocycles. The zero-order valence-electron chi connectivity index (χ0n) is 13.0. The van der Waals surface area contributed by atoms with E-state index in [4.69, 9.17) is 10.7 Å². The number of hydrogen-bond donors (Lipinski definition) is 1. The molecule has 3 rings (SSSR count). The van der Waals surface area contributed by atoms with E-state index in [0.29, 0.717) is 0 Å². The fourth-order valence-electron chi connectivity index (χ4n) is 2.05. The summed E-state index contributed by atoms with van der Waals surface area (Å²) >= 11 is 1.70. The van der Waals surface area contributed by atoms with Crippen LogP contribution < -0.4 is 5.73 Å². The minimum absolute atomic E-state index is 0.732. The van der Waals surface area contributed by atoms with Crippen LogP contribution in [0.3, 0.4) is 0 Å². The predicted molar refractivity (Wildman–Crippen MR) is 99.7 cm³/mol. The summed E-state index contributed by atoms with van der Waals surface area (Å²) in [6, 6.07) is 14.2. The molecule has 0 aliphatic carbocycles. The average Bonchev–Trinajstić information content (AvgIpc) is 2.89. The second-order valence-electron chi connectivity index (χ2n) is 6.29. The Labute approximate surface area is 136 Å². The number of rotatable bonds is 1. The number of hydrogen-bond acceptors (Lipinski definition) is 3. The molecule has 0 amide bonds. The second-order valence-corrected chi connectivity index (χ2v) is 12.1. The highest BCUT2D eigenvalue weighted by molar-refractivity contribution is 7.21. The van der Waals surface area contributed by atoms with Crippen LogP contribution in [0, 0.1) is 11.5 Å². The number of anilines is 1. The lowest BCUT2D eigenvalue weighted by molar-refractivity contribution is 1.47. The molecule has 0 aliphatic heterocycles. The quantitative estimate of drug-likeness (QED) is 0.398. The maximum Gasteiger partial charge on any atom is 0.129 e. The van der Waals surface area contributed by atoms with Crippen LogP contribution in [-0.4, -0.2) is 13.1 Å². The van der Waals surface area contributed by atoms with Gasteiger partial charge < -0.3 is 5.73 Å². The highest BCUT2D eigenvalue weighted by atomic mass is 32.1. The second kappa shape index (κ2) is 5.60. The van der Waals surface area contributed by atoms with Crippen molar-refractivity contribution in [3.63, 3.8) is 0 Å². The van der Waals surface area contributed by atoms with Crippen LogP contribution in [0.2, 0.25) is 19.6 Å². The first-order chi connectivity index (χ1) is 10.4. The van der Waals surface area contributed by atoms with Gasteiger partial charge in [0.25, 0.3) is 0 Å². The maximum absolute atomic E-state index is 6.07. The van der Waals surface area contributed by atoms with E-state index in [2.05, 4.69) is 43.2 Å². The topological polar surface area (TPSA) is 38.9 Å². The molecule has 0 radical (unpaired) electrons. The van der Waals surface area contributed by atoms with Gasteiger partial charge in [0, 0.05) is 16.8 Å². The van der Waals surface area contributed by atoms with Crippen molar-refractivity contribution in [2.75, 3.05) is 5.73 Å². The predicted octanol–water partition coefficient (Wildman–Crippen LogP) is 4.77. The molecule has 2 N–H and O–H groups in total. The monoisotopic (exact) mass is 322 g/mol. The Hall–Kier alpha value is -2.09. The van der Waals surface area contributed by atoms with E-state index in [1.54, 1.807) is 11.3 Å². The van der Waals surface area contributed by atoms with Gasteiger partial charge in [0.2, 0.25) is 0 Å². The van der Waals surface area contributed by atoms with Crippen LogP contribution in [0.25, 0.3) is 20.8 Å². The Morgan fingerprint density at radius 3 is 2.59 bits per heavy atom. The molecule has 0 saturated carbocycles. The first-order valence-corrected chi connectivity index (χ1v) is 11.5. The zero-order valence-corrected chi connectivity index (χ0v) is 14.8. The molecule has 1 aromatic heterocycles. The number of thiazole rings is 1. The molecule has 4 heteroatoms. The highest BCUT2D eigenvalue weighted by Gasteiger charge is 2.10. The van der Waals surface area contributed by atoms with Gasteiger partial charge in [-0.2, -0.15) is 0 Å². The molecule has 0 spiro atoms. The fourth-order valence-corrected chi connectivity index (χ4v) is 3.52. The minimum Gasteiger partial charge on any atom is -0.398 e. The lowest BCUT2D eigenvalue weighted by Gasteiger charge is -2.05. The molecular formula is C18H18N2SSi. The Morgan fingerprint density at radius 2 is 1.86 bits per heavy atom. The normalized spacial score (nSPS) is 11.2. The van der Waals surface area contributed by atoms with Crippen LogP contribution >= 0.6 is 11.3 Å². The van der Waals surface area contributed by atoms with E-state index in [-0.39, 0.29) is 0 Å². The fraction of sp³-hybridized carbons (Fsp3) is 0.167. The summed E-state index contributed by atoms with van der Waals surface area (Å²) in [4.78, 5) is 4.70. The van der Waals surface area contributed by atoms with Crippen molar-refractivity contribution in [3.8, 4) is 22.0 Å². The van der Waals surface area contributed by atoms with Crippen molar-refractivity contribution < 1.29 is 0 Å². The number of nitrogens with zero attached hydrogens (tertiary/aromatic N) is 1. The molecule has 22 heavy (non-hydrogen) atoms. The minimum atomic E-state index is -1.42. The Bertz CT molecular complexity index is 862. The van der Waals surface area contributed by atoms with Gasteiger partial charge in [-0.05, 0) is 30.3 Å². The summed E-state index contributed by atoms with van der Waals surface area (Å²) in [5, 5.41) is 1.01. The van der Waals surface area contributed by atoms with Crippen LogP contribution in [0.15, 0.2) is 42.5 Å². The van der Waals surface area contributed by atoms with Crippen molar-refractivity contribution in [2.24, 2.45) is 0 Å². The van der Waals surface area contributed by atoms with E-state index < -0.39 is 8.07 Å². The molecular weight excluding hydrogens is 304 g/mol. The van der Waals surface area contributed by atoms with E-state index in [1.807, 2.05) is 30.3 Å². The summed E-state index contributed by atoms with van der Waals surface area (Å²) < 4.78 is 1.20. The molecule has 3 aromatic rings. The summed E-state index contributed by atoms with van der Waals surface area (Å²) in [6.45, 7) is 6.69. The van der Waals surface area contributed by atoms with Crippen molar-refractivity contribution in [2.45, 2.75) is 19.6 Å². The number of nitrogen functional groups attached to an aromatic ring is 1. The number of nitrogens with two attached hydrogens (primary N) is 1. The molecule has 2 aromatic carbocycles. The van der Waals surface area contributed by atoms with Gasteiger partial charge in [-0.3, -0.25) is 0 Å². The Morgan fingerprint density at radius 1 is 1.09 bits per heavy atom. The number of para-hydroxylation sites is 1. The van der Waals surface area contributed by atoms with E-state index in [0.717, 1.165) is 27.3 Å². The van der Waals surface area contributed by atoms with E-state index in [9.17, 15) is 0 Å². The van der Waals surface area contributed by atoms with Gasteiger partial charge in [0.15, 0.2) is 0 Å². The maximum atomic E-state index is 6.07. The first kappa shape index (κ1) is 14.8. The molecule has 0 aliphatic rings. The van der Waals surface area contributed by atoms with Crippen molar-refractivity contribution in [1.82, 2.24) is 4.98 Å². The molecule has 110 valence electrons. The van der Waals surface area contributed by atoms with Gasteiger partial charge in [-0.15, -0.1) is 16.9 Å². The summed E-state index contributed by atoms with van der Waals surface area (Å²) in [7, 11) is -1.42. The number of aromatic nitrogens is 1. The third-order valence-corrected chi connectivity index (χ3v) is 5.13. The molecule has 1 heterocycles. The van der Waals surface area contributed by atoms with Gasteiger partial charge in [-0.25, -0.2) is 4.98 Å². The standard InChI is InChI=1S/C18H18N2SSi/c1-22(2,3)11-10-13-12-14(8-9-15(13)19)18-20-16-6-4-5-7-17(16)21-18/h4-9,12H,19H2,1-3H3. The van der Waals surface area contributed by atoms with Crippen LogP contribution in [0.4, 0.5) is 5.69 Å². The lowest BCUT2D eigenvalue weighted by atomic mass is 10.1. The number of benzene rings is 2. The van der Waals surface area contributed by atoms with E-state index >= 15 is 0 Å². The highest BCUT2D eigenvalue weighted by Crippen LogP contribution is 2.31. The largest absolute Gasteiger partial charge is 0.398 e. The smallest absolute Gasteiger partial charge is 0.129 e. The average molecular weight is 323 g/mol. The summed E-state index contributed by atoms with van der Waals surface area (Å²) in [5.74, 6) is 3.26. The van der Waals surface area contributed by atoms with Crippen molar-refractivity contribution in [3.05, 3.63) is 48.0 Å². The molecule has 0 atom stereocenters. The Balaban J connectivity index is 2.06. The summed E-state index contributed by atoms with van der Waals surface area (Å²) in [5.41, 5.74) is 13.2. The molecule has 0 unspecified atom stereocenters. The Kier molecular flexibility index (Phi) is 3.77. The first-order valence-electron chi connectivity index (χ1n) is 7.21. The van der Waals surface area contributed by atoms with Gasteiger partial charge in [0.05, 0.1) is 10.2 Å². The van der Waals surface area contributed by atoms with Gasteiger partial charge in [-0.1, -0.05) is 37.7 Å². The molecule has 2 nitrogen and oxygen atoms in total. The van der Waals surface area contributed by atoms with Crippen LogP contribution in [0.1, 0.15) is 5.56 Å². The van der Waals surface area contributed by atoms with Gasteiger partial charge in [0.1, 0.15) is 13.1 Å². The van der Waals surface area contributed by atoms with Crippen molar-refractivity contribution in [1.29, 1.82) is 0 Å². The van der Waals surface area contributed by atoms with E-state index in [1.165, 1.54) is 4.70 Å². The van der Waals surface area contributed by atoms with Crippen molar-refractivity contribution >= 4 is 35.3 Å². The third kappa shape index (κ3) is 3.21.